The molecule has 1 atom stereocenters. The van der Waals surface area contributed by atoms with Crippen molar-refractivity contribution in [1.82, 2.24) is 5.32 Å². The first kappa shape index (κ1) is 16.7. The summed E-state index contributed by atoms with van der Waals surface area (Å²) in [6.45, 7) is 7.39. The molecule has 20 heavy (non-hydrogen) atoms. The molecule has 112 valence electrons. The standard InChI is InChI=1S/C17H27NO2/c1-5-11-18-17(12-14(2)3,13-16(19)20-4)15-9-7-6-8-10-15/h6-10,14,18H,5,11-13H2,1-4H3. The fraction of sp³-hybridized carbons (Fsp3) is 0.588. The quantitative estimate of drug-likeness (QED) is 0.739. The molecule has 0 heterocycles. The number of methoxy groups -OCH3 is 1. The van der Waals surface area contributed by atoms with Crippen LogP contribution in [0.15, 0.2) is 30.3 Å². The fourth-order valence-electron chi connectivity index (χ4n) is 2.67. The molecule has 1 N–H and O–H groups in total. The molecule has 0 radical (unpaired) electrons. The first-order chi connectivity index (χ1) is 9.54. The van der Waals surface area contributed by atoms with Gasteiger partial charge in [-0.1, -0.05) is 51.1 Å². The number of carbonyl (C=O) groups is 1. The van der Waals surface area contributed by atoms with E-state index in [1.165, 1.54) is 7.11 Å². The first-order valence-corrected chi connectivity index (χ1v) is 7.41. The Morgan fingerprint density at radius 3 is 2.45 bits per heavy atom. The minimum atomic E-state index is -0.335. The predicted octanol–water partition coefficient (Wildman–Crippen LogP) is 3.49. The molecule has 0 bridgehead atoms. The van der Waals surface area contributed by atoms with Gasteiger partial charge in [0.2, 0.25) is 0 Å². The highest BCUT2D eigenvalue weighted by Crippen LogP contribution is 2.32. The van der Waals surface area contributed by atoms with Gasteiger partial charge in [0.1, 0.15) is 0 Å². The summed E-state index contributed by atoms with van der Waals surface area (Å²) in [6.07, 6.45) is 2.31. The van der Waals surface area contributed by atoms with Crippen LogP contribution in [0.25, 0.3) is 0 Å². The summed E-state index contributed by atoms with van der Waals surface area (Å²) in [7, 11) is 1.45. The van der Waals surface area contributed by atoms with Crippen molar-refractivity contribution in [3.63, 3.8) is 0 Å². The monoisotopic (exact) mass is 277 g/mol. The molecule has 1 rings (SSSR count). The summed E-state index contributed by atoms with van der Waals surface area (Å²) >= 11 is 0. The Hall–Kier alpha value is -1.35. The third-order valence-corrected chi connectivity index (χ3v) is 3.47. The van der Waals surface area contributed by atoms with Crippen molar-refractivity contribution < 1.29 is 9.53 Å². The average molecular weight is 277 g/mol. The Kier molecular flexibility index (Phi) is 6.73. The maximum absolute atomic E-state index is 11.9. The smallest absolute Gasteiger partial charge is 0.307 e. The van der Waals surface area contributed by atoms with Crippen molar-refractivity contribution in [1.29, 1.82) is 0 Å². The molecule has 0 amide bonds. The number of carbonyl (C=O) groups excluding carboxylic acids is 1. The van der Waals surface area contributed by atoms with Crippen LogP contribution < -0.4 is 5.32 Å². The van der Waals surface area contributed by atoms with E-state index in [1.807, 2.05) is 18.2 Å². The van der Waals surface area contributed by atoms with Gasteiger partial charge >= 0.3 is 5.97 Å². The van der Waals surface area contributed by atoms with Crippen LogP contribution >= 0.6 is 0 Å². The van der Waals surface area contributed by atoms with Gasteiger partial charge in [0.15, 0.2) is 0 Å². The van der Waals surface area contributed by atoms with Crippen LogP contribution in [0.3, 0.4) is 0 Å². The molecule has 1 unspecified atom stereocenters. The van der Waals surface area contributed by atoms with Gasteiger partial charge in [0.25, 0.3) is 0 Å². The first-order valence-electron chi connectivity index (χ1n) is 7.41. The van der Waals surface area contributed by atoms with Gasteiger partial charge in [0.05, 0.1) is 19.1 Å². The summed E-state index contributed by atoms with van der Waals surface area (Å²) in [5, 5.41) is 3.59. The Morgan fingerprint density at radius 2 is 1.95 bits per heavy atom. The molecule has 0 saturated carbocycles. The summed E-state index contributed by atoms with van der Waals surface area (Å²) in [6, 6.07) is 10.2. The molecule has 0 saturated heterocycles. The number of esters is 1. The SMILES string of the molecule is CCCNC(CC(=O)OC)(CC(C)C)c1ccccc1. The second-order valence-corrected chi connectivity index (χ2v) is 5.73. The van der Waals surface area contributed by atoms with E-state index in [4.69, 9.17) is 4.74 Å². The third-order valence-electron chi connectivity index (χ3n) is 3.47. The van der Waals surface area contributed by atoms with Crippen molar-refractivity contribution in [3.05, 3.63) is 35.9 Å². The van der Waals surface area contributed by atoms with Crippen LogP contribution in [0.1, 0.15) is 45.6 Å². The van der Waals surface area contributed by atoms with E-state index >= 15 is 0 Å². The molecule has 1 aromatic carbocycles. The molecule has 3 nitrogen and oxygen atoms in total. The lowest BCUT2D eigenvalue weighted by Crippen LogP contribution is -2.45. The maximum atomic E-state index is 11.9. The Labute approximate surface area is 122 Å². The maximum Gasteiger partial charge on any atom is 0.307 e. The lowest BCUT2D eigenvalue weighted by molar-refractivity contribution is -0.142. The zero-order chi connectivity index (χ0) is 15.0. The van der Waals surface area contributed by atoms with E-state index < -0.39 is 0 Å². The van der Waals surface area contributed by atoms with Crippen LogP contribution in [0.4, 0.5) is 0 Å². The summed E-state index contributed by atoms with van der Waals surface area (Å²) < 4.78 is 4.91. The van der Waals surface area contributed by atoms with Gasteiger partial charge in [-0.25, -0.2) is 0 Å². The zero-order valence-corrected chi connectivity index (χ0v) is 13.1. The van der Waals surface area contributed by atoms with Crippen molar-refractivity contribution >= 4 is 5.97 Å². The van der Waals surface area contributed by atoms with Crippen LogP contribution in [-0.4, -0.2) is 19.6 Å². The van der Waals surface area contributed by atoms with Gasteiger partial charge in [-0.2, -0.15) is 0 Å². The van der Waals surface area contributed by atoms with Crippen molar-refractivity contribution in [2.24, 2.45) is 5.92 Å². The molecule has 0 aliphatic rings. The van der Waals surface area contributed by atoms with E-state index in [9.17, 15) is 4.79 Å². The Bertz CT molecular complexity index is 403. The molecule has 1 aromatic rings. The highest BCUT2D eigenvalue weighted by atomic mass is 16.5. The second-order valence-electron chi connectivity index (χ2n) is 5.73. The van der Waals surface area contributed by atoms with E-state index in [2.05, 4.69) is 38.2 Å². The number of nitrogens with one attached hydrogen (secondary N) is 1. The van der Waals surface area contributed by atoms with Gasteiger partial charge in [-0.15, -0.1) is 0 Å². The fourth-order valence-corrected chi connectivity index (χ4v) is 2.67. The van der Waals surface area contributed by atoms with Crippen LogP contribution in [0, 0.1) is 5.92 Å². The van der Waals surface area contributed by atoms with Crippen LogP contribution in [0.2, 0.25) is 0 Å². The third kappa shape index (κ3) is 4.64. The number of ether oxygens (including phenoxy) is 1. The minimum absolute atomic E-state index is 0.168. The van der Waals surface area contributed by atoms with Gasteiger partial charge in [-0.3, -0.25) is 4.79 Å². The highest BCUT2D eigenvalue weighted by molar-refractivity contribution is 5.71. The number of benzene rings is 1. The molecule has 3 heteroatoms. The second kappa shape index (κ2) is 8.05. The van der Waals surface area contributed by atoms with E-state index in [0.717, 1.165) is 24.9 Å². The van der Waals surface area contributed by atoms with Crippen molar-refractivity contribution in [2.45, 2.75) is 45.6 Å². The van der Waals surface area contributed by atoms with Gasteiger partial charge in [0, 0.05) is 0 Å². The number of hydrogen-bond acceptors (Lipinski definition) is 3. The lowest BCUT2D eigenvalue weighted by atomic mass is 9.79. The Morgan fingerprint density at radius 1 is 1.30 bits per heavy atom. The Balaban J connectivity index is 3.13. The molecular formula is C17H27NO2. The van der Waals surface area contributed by atoms with Crippen molar-refractivity contribution in [3.8, 4) is 0 Å². The predicted molar refractivity (Wildman–Crippen MR) is 82.5 cm³/mol. The highest BCUT2D eigenvalue weighted by Gasteiger charge is 2.35. The van der Waals surface area contributed by atoms with Crippen LogP contribution in [0.5, 0.6) is 0 Å². The van der Waals surface area contributed by atoms with Crippen molar-refractivity contribution in [2.75, 3.05) is 13.7 Å². The zero-order valence-electron chi connectivity index (χ0n) is 13.1. The van der Waals surface area contributed by atoms with E-state index in [-0.39, 0.29) is 11.5 Å². The summed E-state index contributed by atoms with van der Waals surface area (Å²) in [5.41, 5.74) is 0.825. The van der Waals surface area contributed by atoms with Gasteiger partial charge < -0.3 is 10.1 Å². The number of rotatable bonds is 8. The summed E-state index contributed by atoms with van der Waals surface area (Å²) in [4.78, 5) is 11.9. The summed E-state index contributed by atoms with van der Waals surface area (Å²) in [5.74, 6) is 0.322. The molecular weight excluding hydrogens is 250 g/mol. The topological polar surface area (TPSA) is 38.3 Å². The number of hydrogen-bond donors (Lipinski definition) is 1. The molecule has 0 fully saturated rings. The van der Waals surface area contributed by atoms with E-state index in [0.29, 0.717) is 12.3 Å². The normalized spacial score (nSPS) is 14.1. The molecule has 0 aromatic heterocycles. The van der Waals surface area contributed by atoms with Crippen LogP contribution in [-0.2, 0) is 15.1 Å². The average Bonchev–Trinajstić information content (AvgIpc) is 2.45. The van der Waals surface area contributed by atoms with E-state index in [1.54, 1.807) is 0 Å². The molecule has 0 spiro atoms. The minimum Gasteiger partial charge on any atom is -0.469 e. The molecule has 0 aliphatic heterocycles. The van der Waals surface area contributed by atoms with Gasteiger partial charge in [-0.05, 0) is 30.9 Å². The molecule has 0 aliphatic carbocycles. The largest absolute Gasteiger partial charge is 0.469 e. The lowest BCUT2D eigenvalue weighted by Gasteiger charge is -2.36.